The van der Waals surface area contributed by atoms with Gasteiger partial charge in [-0.1, -0.05) is 13.8 Å². The van der Waals surface area contributed by atoms with Crippen molar-refractivity contribution < 1.29 is 4.74 Å². The van der Waals surface area contributed by atoms with Crippen LogP contribution in [0.2, 0.25) is 0 Å². The van der Waals surface area contributed by atoms with Gasteiger partial charge in [0, 0.05) is 0 Å². The van der Waals surface area contributed by atoms with Crippen LogP contribution in [0.3, 0.4) is 0 Å². The third-order valence-electron chi connectivity index (χ3n) is 2.23. The average molecular weight is 205 g/mol. The molecule has 1 aromatic rings. The third kappa shape index (κ3) is 2.84. The van der Waals surface area contributed by atoms with E-state index in [2.05, 4.69) is 4.98 Å². The average Bonchev–Trinajstić information content (AvgIpc) is 2.20. The Kier molecular flexibility index (Phi) is 3.51. The highest BCUT2D eigenvalue weighted by Crippen LogP contribution is 2.19. The van der Waals surface area contributed by atoms with E-state index in [9.17, 15) is 0 Å². The lowest BCUT2D eigenvalue weighted by molar-refractivity contribution is 0.163. The van der Waals surface area contributed by atoms with E-state index >= 15 is 0 Å². The number of nitrogens with zero attached hydrogens (tertiary/aromatic N) is 2. The number of ether oxygens (including phenoxy) is 1. The Labute approximate surface area is 89.7 Å². The van der Waals surface area contributed by atoms with Crippen molar-refractivity contribution in [2.24, 2.45) is 5.92 Å². The molecule has 1 heterocycles. The van der Waals surface area contributed by atoms with Crippen molar-refractivity contribution in [1.82, 2.24) is 4.98 Å². The standard InChI is InChI=1S/C11H15N3O/c1-7(2)8(3)15-11-9(5-12)4-10(13)6-14-11/h4,6-8H,13H2,1-3H3. The summed E-state index contributed by atoms with van der Waals surface area (Å²) in [6, 6.07) is 3.58. The molecule has 0 saturated carbocycles. The molecule has 4 heteroatoms. The van der Waals surface area contributed by atoms with Crippen molar-refractivity contribution in [1.29, 1.82) is 5.26 Å². The molecule has 0 aliphatic rings. The molecule has 4 nitrogen and oxygen atoms in total. The molecule has 2 N–H and O–H groups in total. The zero-order valence-corrected chi connectivity index (χ0v) is 9.19. The highest BCUT2D eigenvalue weighted by molar-refractivity contribution is 5.48. The first-order valence-corrected chi connectivity index (χ1v) is 4.87. The maximum atomic E-state index is 8.87. The minimum absolute atomic E-state index is 0.0215. The van der Waals surface area contributed by atoms with E-state index in [1.165, 1.54) is 6.20 Å². The van der Waals surface area contributed by atoms with Crippen molar-refractivity contribution in [3.63, 3.8) is 0 Å². The summed E-state index contributed by atoms with van der Waals surface area (Å²) in [6.07, 6.45) is 1.51. The van der Waals surface area contributed by atoms with E-state index in [0.717, 1.165) is 0 Å². The van der Waals surface area contributed by atoms with Gasteiger partial charge in [0.1, 0.15) is 11.6 Å². The van der Waals surface area contributed by atoms with Gasteiger partial charge in [0.15, 0.2) is 0 Å². The molecule has 0 aliphatic heterocycles. The Balaban J connectivity index is 2.91. The first kappa shape index (κ1) is 11.3. The van der Waals surface area contributed by atoms with Gasteiger partial charge < -0.3 is 10.5 Å². The van der Waals surface area contributed by atoms with Crippen molar-refractivity contribution in [3.05, 3.63) is 17.8 Å². The lowest BCUT2D eigenvalue weighted by atomic mass is 10.1. The molecule has 1 rings (SSSR count). The number of anilines is 1. The molecule has 0 aromatic carbocycles. The molecule has 0 saturated heterocycles. The summed E-state index contributed by atoms with van der Waals surface area (Å²) in [5, 5.41) is 8.87. The van der Waals surface area contributed by atoms with E-state index in [-0.39, 0.29) is 6.10 Å². The largest absolute Gasteiger partial charge is 0.473 e. The summed E-state index contributed by atoms with van der Waals surface area (Å²) in [5.74, 6) is 0.726. The maximum Gasteiger partial charge on any atom is 0.232 e. The fourth-order valence-corrected chi connectivity index (χ4v) is 0.955. The van der Waals surface area contributed by atoms with Crippen LogP contribution >= 0.6 is 0 Å². The monoisotopic (exact) mass is 205 g/mol. The first-order valence-electron chi connectivity index (χ1n) is 4.87. The number of nitrogens with two attached hydrogens (primary N) is 1. The molecule has 0 fully saturated rings. The van der Waals surface area contributed by atoms with E-state index in [1.807, 2.05) is 26.8 Å². The molecule has 15 heavy (non-hydrogen) atoms. The van der Waals surface area contributed by atoms with Gasteiger partial charge in [0.2, 0.25) is 5.88 Å². The Morgan fingerprint density at radius 1 is 1.47 bits per heavy atom. The molecule has 1 atom stereocenters. The number of nitriles is 1. The number of hydrogen-bond donors (Lipinski definition) is 1. The minimum atomic E-state index is 0.0215. The van der Waals surface area contributed by atoms with Crippen LogP contribution in [0.1, 0.15) is 26.3 Å². The number of rotatable bonds is 3. The zero-order valence-electron chi connectivity index (χ0n) is 9.19. The normalized spacial score (nSPS) is 12.2. The van der Waals surface area contributed by atoms with Gasteiger partial charge in [0.25, 0.3) is 0 Å². The summed E-state index contributed by atoms with van der Waals surface area (Å²) in [4.78, 5) is 4.00. The van der Waals surface area contributed by atoms with Crippen LogP contribution in [0.25, 0.3) is 0 Å². The van der Waals surface area contributed by atoms with Crippen molar-refractivity contribution in [2.75, 3.05) is 5.73 Å². The lowest BCUT2D eigenvalue weighted by Crippen LogP contribution is -2.19. The molecule has 0 bridgehead atoms. The molecular weight excluding hydrogens is 190 g/mol. The molecule has 1 unspecified atom stereocenters. The summed E-state index contributed by atoms with van der Waals surface area (Å²) in [7, 11) is 0. The molecular formula is C11H15N3O. The second-order valence-electron chi connectivity index (χ2n) is 3.80. The summed E-state index contributed by atoms with van der Waals surface area (Å²) in [5.41, 5.74) is 6.37. The summed E-state index contributed by atoms with van der Waals surface area (Å²) in [6.45, 7) is 6.05. The maximum absolute atomic E-state index is 8.87. The van der Waals surface area contributed by atoms with E-state index in [0.29, 0.717) is 23.0 Å². The quantitative estimate of drug-likeness (QED) is 0.818. The highest BCUT2D eigenvalue weighted by atomic mass is 16.5. The first-order chi connectivity index (χ1) is 7.04. The molecule has 0 aliphatic carbocycles. The third-order valence-corrected chi connectivity index (χ3v) is 2.23. The highest BCUT2D eigenvalue weighted by Gasteiger charge is 2.12. The van der Waals surface area contributed by atoms with Crippen molar-refractivity contribution in [2.45, 2.75) is 26.9 Å². The predicted octanol–water partition coefficient (Wildman–Crippen LogP) is 1.96. The Hall–Kier alpha value is -1.76. The van der Waals surface area contributed by atoms with Crippen LogP contribution in [-0.4, -0.2) is 11.1 Å². The van der Waals surface area contributed by atoms with E-state index in [4.69, 9.17) is 15.7 Å². The molecule has 0 radical (unpaired) electrons. The molecule has 0 spiro atoms. The van der Waals surface area contributed by atoms with Crippen LogP contribution in [0, 0.1) is 17.2 Å². The van der Waals surface area contributed by atoms with Crippen molar-refractivity contribution >= 4 is 5.69 Å². The number of aromatic nitrogens is 1. The SMILES string of the molecule is CC(C)C(C)Oc1ncc(N)cc1C#N. The van der Waals surface area contributed by atoms with Gasteiger partial charge in [-0.05, 0) is 18.9 Å². The van der Waals surface area contributed by atoms with Gasteiger partial charge in [0.05, 0.1) is 18.0 Å². The van der Waals surface area contributed by atoms with Crippen LogP contribution in [0.4, 0.5) is 5.69 Å². The van der Waals surface area contributed by atoms with Crippen LogP contribution in [0.15, 0.2) is 12.3 Å². The fraction of sp³-hybridized carbons (Fsp3) is 0.455. The second kappa shape index (κ2) is 4.65. The van der Waals surface area contributed by atoms with Gasteiger partial charge >= 0.3 is 0 Å². The molecule has 1 aromatic heterocycles. The Morgan fingerprint density at radius 2 is 2.13 bits per heavy atom. The predicted molar refractivity (Wildman–Crippen MR) is 58.3 cm³/mol. The topological polar surface area (TPSA) is 71.9 Å². The van der Waals surface area contributed by atoms with Crippen LogP contribution in [-0.2, 0) is 0 Å². The number of hydrogen-bond acceptors (Lipinski definition) is 4. The van der Waals surface area contributed by atoms with Crippen LogP contribution in [0.5, 0.6) is 5.88 Å². The van der Waals surface area contributed by atoms with Gasteiger partial charge in [-0.15, -0.1) is 0 Å². The number of pyridine rings is 1. The fourth-order valence-electron chi connectivity index (χ4n) is 0.955. The summed E-state index contributed by atoms with van der Waals surface area (Å²) < 4.78 is 5.56. The Bertz CT molecular complexity index is 382. The lowest BCUT2D eigenvalue weighted by Gasteiger charge is -2.17. The van der Waals surface area contributed by atoms with E-state index in [1.54, 1.807) is 6.07 Å². The Morgan fingerprint density at radius 3 is 2.67 bits per heavy atom. The summed E-state index contributed by atoms with van der Waals surface area (Å²) >= 11 is 0. The van der Waals surface area contributed by atoms with E-state index < -0.39 is 0 Å². The second-order valence-corrected chi connectivity index (χ2v) is 3.80. The number of nitrogen functional groups attached to an aromatic ring is 1. The van der Waals surface area contributed by atoms with Gasteiger partial charge in [-0.25, -0.2) is 4.98 Å². The van der Waals surface area contributed by atoms with Crippen molar-refractivity contribution in [3.8, 4) is 11.9 Å². The zero-order chi connectivity index (χ0) is 11.4. The molecule has 80 valence electrons. The van der Waals surface area contributed by atoms with Crippen LogP contribution < -0.4 is 10.5 Å². The van der Waals surface area contributed by atoms with Gasteiger partial charge in [-0.2, -0.15) is 5.26 Å². The smallest absolute Gasteiger partial charge is 0.232 e. The molecule has 0 amide bonds. The minimum Gasteiger partial charge on any atom is -0.473 e. The van der Waals surface area contributed by atoms with Gasteiger partial charge in [-0.3, -0.25) is 0 Å².